The van der Waals surface area contributed by atoms with Crippen molar-refractivity contribution in [2.45, 2.75) is 101 Å². The average Bonchev–Trinajstić information content (AvgIpc) is 3.14. The summed E-state index contributed by atoms with van der Waals surface area (Å²) < 4.78 is 17.9. The first-order valence-corrected chi connectivity index (χ1v) is 14.6. The number of benzene rings is 1. The molecular weight excluding hydrogens is 504 g/mol. The lowest BCUT2D eigenvalue weighted by Crippen LogP contribution is -2.53. The topological polar surface area (TPSA) is 99.1 Å². The number of Topliss-reactive ketones (excluding diaryl/α,β-unsaturated/α-hetero) is 1. The van der Waals surface area contributed by atoms with Gasteiger partial charge in [0.05, 0.1) is 17.6 Å². The van der Waals surface area contributed by atoms with Crippen molar-refractivity contribution in [2.24, 2.45) is 29.6 Å². The van der Waals surface area contributed by atoms with Crippen molar-refractivity contribution < 1.29 is 33.7 Å². The maximum atomic E-state index is 14.0. The SMILES string of the molecule is CCC1OC(=O)C(C)C(O)C(C)CC(C)(OC)CC(C)C(=O)C(C)C2C(Sc3ccccc3)C(=O)OC12C. The highest BCUT2D eigenvalue weighted by Gasteiger charge is 2.61. The van der Waals surface area contributed by atoms with Crippen molar-refractivity contribution in [2.75, 3.05) is 7.11 Å². The third kappa shape index (κ3) is 6.13. The molecule has 0 aliphatic carbocycles. The molecule has 2 aliphatic rings. The largest absolute Gasteiger partial charge is 0.458 e. The maximum absolute atomic E-state index is 14.0. The molecule has 1 aromatic carbocycles. The van der Waals surface area contributed by atoms with Crippen LogP contribution in [0.5, 0.6) is 0 Å². The molecule has 1 N–H and O–H groups in total. The van der Waals surface area contributed by atoms with Gasteiger partial charge in [-0.3, -0.25) is 14.4 Å². The Bertz CT molecular complexity index is 1000. The van der Waals surface area contributed by atoms with E-state index in [1.165, 1.54) is 11.8 Å². The van der Waals surface area contributed by atoms with Crippen molar-refractivity contribution >= 4 is 29.5 Å². The number of rotatable bonds is 4. The fourth-order valence-corrected chi connectivity index (χ4v) is 7.91. The van der Waals surface area contributed by atoms with Gasteiger partial charge in [-0.2, -0.15) is 0 Å². The van der Waals surface area contributed by atoms with Crippen LogP contribution in [0.3, 0.4) is 0 Å². The van der Waals surface area contributed by atoms with Gasteiger partial charge in [-0.1, -0.05) is 45.9 Å². The van der Waals surface area contributed by atoms with Crippen molar-refractivity contribution in [3.8, 4) is 0 Å². The Morgan fingerprint density at radius 3 is 2.21 bits per heavy atom. The fraction of sp³-hybridized carbons (Fsp3) is 0.700. The van der Waals surface area contributed by atoms with Crippen molar-refractivity contribution in [1.29, 1.82) is 0 Å². The second kappa shape index (κ2) is 12.1. The standard InChI is InChI=1S/C30H44O7S/c1-9-22-30(7)23(26(28(34)37-30)38-21-13-11-10-12-14-21)19(4)24(31)17(2)15-29(6,35-8)16-18(3)25(32)20(5)27(33)36-22/h10-14,17-20,22-23,25-26,32H,9,15-16H2,1-8H3. The first-order chi connectivity index (χ1) is 17.8. The Kier molecular flexibility index (Phi) is 9.75. The van der Waals surface area contributed by atoms with Crippen LogP contribution in [-0.2, 0) is 28.6 Å². The van der Waals surface area contributed by atoms with E-state index in [1.54, 1.807) is 21.0 Å². The number of ketones is 1. The highest BCUT2D eigenvalue weighted by Crippen LogP contribution is 2.50. The Balaban J connectivity index is 2.10. The number of hydrogen-bond acceptors (Lipinski definition) is 8. The van der Waals surface area contributed by atoms with Gasteiger partial charge in [-0.15, -0.1) is 11.8 Å². The van der Waals surface area contributed by atoms with Crippen LogP contribution in [-0.4, -0.2) is 58.6 Å². The van der Waals surface area contributed by atoms with Crippen molar-refractivity contribution in [3.63, 3.8) is 0 Å². The van der Waals surface area contributed by atoms with Crippen LogP contribution in [0.4, 0.5) is 0 Å². The molecule has 0 bridgehead atoms. The van der Waals surface area contributed by atoms with Crippen LogP contribution in [0.2, 0.25) is 0 Å². The summed E-state index contributed by atoms with van der Waals surface area (Å²) in [5, 5.41) is 10.4. The van der Waals surface area contributed by atoms with E-state index >= 15 is 0 Å². The average molecular weight is 549 g/mol. The first-order valence-electron chi connectivity index (χ1n) is 13.7. The number of aliphatic hydroxyl groups is 1. The maximum Gasteiger partial charge on any atom is 0.320 e. The van der Waals surface area contributed by atoms with Crippen molar-refractivity contribution in [3.05, 3.63) is 30.3 Å². The van der Waals surface area contributed by atoms with Crippen LogP contribution < -0.4 is 0 Å². The van der Waals surface area contributed by atoms with Crippen LogP contribution in [0, 0.1) is 29.6 Å². The van der Waals surface area contributed by atoms with Gasteiger partial charge in [0.2, 0.25) is 0 Å². The number of esters is 2. The molecule has 38 heavy (non-hydrogen) atoms. The third-order valence-corrected chi connectivity index (χ3v) is 10.0. The Morgan fingerprint density at radius 1 is 1.00 bits per heavy atom. The zero-order valence-corrected chi connectivity index (χ0v) is 24.7. The molecule has 0 radical (unpaired) electrons. The molecule has 2 fully saturated rings. The smallest absolute Gasteiger partial charge is 0.320 e. The number of fused-ring (bicyclic) bond motifs is 1. The summed E-state index contributed by atoms with van der Waals surface area (Å²) in [6, 6.07) is 9.57. The summed E-state index contributed by atoms with van der Waals surface area (Å²) in [4.78, 5) is 41.6. The first kappa shape index (κ1) is 30.6. The summed E-state index contributed by atoms with van der Waals surface area (Å²) in [5.74, 6) is -3.44. The van der Waals surface area contributed by atoms with Gasteiger partial charge in [-0.25, -0.2) is 0 Å². The van der Waals surface area contributed by atoms with E-state index in [1.807, 2.05) is 65.0 Å². The lowest BCUT2D eigenvalue weighted by atomic mass is 9.70. The van der Waals surface area contributed by atoms with Gasteiger partial charge >= 0.3 is 11.9 Å². The number of methoxy groups -OCH3 is 1. The summed E-state index contributed by atoms with van der Waals surface area (Å²) in [7, 11) is 1.61. The Labute approximate surface area is 231 Å². The number of thioether (sulfide) groups is 1. The molecule has 1 aromatic rings. The number of ether oxygens (including phenoxy) is 3. The summed E-state index contributed by atoms with van der Waals surface area (Å²) in [6.07, 6.45) is -0.410. The monoisotopic (exact) mass is 548 g/mol. The number of aliphatic hydroxyl groups excluding tert-OH is 1. The summed E-state index contributed by atoms with van der Waals surface area (Å²) in [6.45, 7) is 12.9. The molecule has 7 nitrogen and oxygen atoms in total. The van der Waals surface area contributed by atoms with Gasteiger partial charge in [0.25, 0.3) is 0 Å². The number of hydrogen-bond donors (Lipinski definition) is 1. The molecule has 10 unspecified atom stereocenters. The predicted molar refractivity (Wildman–Crippen MR) is 147 cm³/mol. The molecule has 3 rings (SSSR count). The van der Waals surface area contributed by atoms with Gasteiger partial charge in [0, 0.05) is 29.8 Å². The molecule has 0 aromatic heterocycles. The predicted octanol–water partition coefficient (Wildman–Crippen LogP) is 5.07. The van der Waals surface area contributed by atoms with Crippen LogP contribution >= 0.6 is 11.8 Å². The Morgan fingerprint density at radius 2 is 1.63 bits per heavy atom. The molecule has 2 saturated heterocycles. The van der Waals surface area contributed by atoms with E-state index in [0.29, 0.717) is 19.3 Å². The summed E-state index contributed by atoms with van der Waals surface area (Å²) in [5.41, 5.74) is -1.90. The minimum Gasteiger partial charge on any atom is -0.458 e. The molecule has 2 heterocycles. The van der Waals surface area contributed by atoms with Gasteiger partial charge < -0.3 is 19.3 Å². The van der Waals surface area contributed by atoms with E-state index in [0.717, 1.165) is 4.90 Å². The lowest BCUT2D eigenvalue weighted by molar-refractivity contribution is -0.186. The Hall–Kier alpha value is -1.90. The summed E-state index contributed by atoms with van der Waals surface area (Å²) >= 11 is 1.38. The minimum atomic E-state index is -1.21. The van der Waals surface area contributed by atoms with Crippen molar-refractivity contribution in [1.82, 2.24) is 0 Å². The van der Waals surface area contributed by atoms with E-state index in [-0.39, 0.29) is 17.6 Å². The highest BCUT2D eigenvalue weighted by atomic mass is 32.2. The molecular formula is C30H44O7S. The van der Waals surface area contributed by atoms with Crippen LogP contribution in [0.1, 0.15) is 67.7 Å². The second-order valence-corrected chi connectivity index (χ2v) is 12.9. The molecule has 0 spiro atoms. The van der Waals surface area contributed by atoms with Gasteiger partial charge in [-0.05, 0) is 58.1 Å². The molecule has 8 heteroatoms. The van der Waals surface area contributed by atoms with Gasteiger partial charge in [0.15, 0.2) is 5.60 Å². The normalized spacial score (nSPS) is 41.1. The van der Waals surface area contributed by atoms with E-state index in [4.69, 9.17) is 14.2 Å². The van der Waals surface area contributed by atoms with Crippen LogP contribution in [0.15, 0.2) is 35.2 Å². The second-order valence-electron chi connectivity index (χ2n) is 11.7. The van der Waals surface area contributed by atoms with Crippen LogP contribution in [0.25, 0.3) is 0 Å². The van der Waals surface area contributed by atoms with Gasteiger partial charge in [0.1, 0.15) is 17.1 Å². The number of carbonyl (C=O) groups excluding carboxylic acids is 3. The number of carbonyl (C=O) groups is 3. The molecule has 212 valence electrons. The van der Waals surface area contributed by atoms with E-state index in [2.05, 4.69) is 0 Å². The molecule has 0 amide bonds. The number of cyclic esters (lactones) is 1. The molecule has 10 atom stereocenters. The molecule has 2 aliphatic heterocycles. The quantitative estimate of drug-likeness (QED) is 0.521. The lowest BCUT2D eigenvalue weighted by Gasteiger charge is -2.42. The zero-order chi connectivity index (χ0) is 28.4. The highest BCUT2D eigenvalue weighted by molar-refractivity contribution is 8.00. The molecule has 0 saturated carbocycles. The minimum absolute atomic E-state index is 0.0151. The fourth-order valence-electron chi connectivity index (χ4n) is 6.51. The zero-order valence-electron chi connectivity index (χ0n) is 23.9. The van der Waals surface area contributed by atoms with E-state index in [9.17, 15) is 19.5 Å². The van der Waals surface area contributed by atoms with E-state index < -0.39 is 58.4 Å². The third-order valence-electron chi connectivity index (χ3n) is 8.74.